The van der Waals surface area contributed by atoms with E-state index in [0.29, 0.717) is 0 Å². The lowest BCUT2D eigenvalue weighted by Crippen LogP contribution is -2.17. The molecule has 0 spiro atoms. The highest BCUT2D eigenvalue weighted by Gasteiger charge is 2.43. The molecule has 0 saturated carbocycles. The number of rotatable bonds is 0. The highest BCUT2D eigenvalue weighted by Crippen LogP contribution is 2.32. The summed E-state index contributed by atoms with van der Waals surface area (Å²) in [6.07, 6.45) is 7.09. The van der Waals surface area contributed by atoms with E-state index in [0.717, 1.165) is 12.8 Å². The van der Waals surface area contributed by atoms with Crippen molar-refractivity contribution < 1.29 is 14.3 Å². The highest BCUT2D eigenvalue weighted by atomic mass is 16.6. The van der Waals surface area contributed by atoms with Gasteiger partial charge in [0.15, 0.2) is 0 Å². The molecule has 0 aromatic rings. The summed E-state index contributed by atoms with van der Waals surface area (Å²) in [6.45, 7) is 5.25. The lowest BCUT2D eigenvalue weighted by Gasteiger charge is -2.12. The van der Waals surface area contributed by atoms with Crippen LogP contribution in [0.15, 0.2) is 24.8 Å². The standard InChI is InChI=1S/C8H8O3.C3H6/c9-7-5-3-1-2-4-6(5)8(10)11-7;1-3-2/h1,3,5-6H,2,4H2;3H,1H2,2H3. The maximum atomic E-state index is 10.9. The Bertz CT molecular complexity index is 278. The predicted octanol–water partition coefficient (Wildman–Crippen LogP) is 1.84. The summed E-state index contributed by atoms with van der Waals surface area (Å²) in [5, 5.41) is 0. The first-order chi connectivity index (χ1) is 6.70. The number of ether oxygens (including phenoxy) is 1. The molecule has 1 aliphatic heterocycles. The Morgan fingerprint density at radius 3 is 2.71 bits per heavy atom. The Balaban J connectivity index is 0.000000293. The molecule has 2 aliphatic rings. The van der Waals surface area contributed by atoms with Crippen LogP contribution in [0, 0.1) is 11.8 Å². The summed E-state index contributed by atoms with van der Waals surface area (Å²) < 4.78 is 4.48. The van der Waals surface area contributed by atoms with E-state index in [2.05, 4.69) is 11.3 Å². The van der Waals surface area contributed by atoms with Gasteiger partial charge in [-0.05, 0) is 19.8 Å². The second-order valence-corrected chi connectivity index (χ2v) is 3.29. The fraction of sp³-hybridized carbons (Fsp3) is 0.455. The third kappa shape index (κ3) is 2.10. The summed E-state index contributed by atoms with van der Waals surface area (Å²) in [5.41, 5.74) is 0. The number of fused-ring (bicyclic) bond motifs is 1. The maximum Gasteiger partial charge on any atom is 0.321 e. The molecule has 0 aromatic heterocycles. The molecule has 1 saturated heterocycles. The normalized spacial score (nSPS) is 28.6. The second-order valence-electron chi connectivity index (χ2n) is 3.29. The van der Waals surface area contributed by atoms with Gasteiger partial charge >= 0.3 is 11.9 Å². The number of hydrogen-bond acceptors (Lipinski definition) is 3. The van der Waals surface area contributed by atoms with Crippen LogP contribution in [0.1, 0.15) is 19.8 Å². The fourth-order valence-corrected chi connectivity index (χ4v) is 1.58. The van der Waals surface area contributed by atoms with Crippen molar-refractivity contribution >= 4 is 11.9 Å². The van der Waals surface area contributed by atoms with Crippen LogP contribution in [-0.4, -0.2) is 11.9 Å². The quantitative estimate of drug-likeness (QED) is 0.336. The van der Waals surface area contributed by atoms with Crippen LogP contribution in [-0.2, 0) is 14.3 Å². The number of cyclic esters (lactones) is 2. The van der Waals surface area contributed by atoms with Gasteiger partial charge in [0, 0.05) is 0 Å². The average molecular weight is 194 g/mol. The molecule has 2 rings (SSSR count). The summed E-state index contributed by atoms with van der Waals surface area (Å²) in [6, 6.07) is 0. The molecule has 2 atom stereocenters. The van der Waals surface area contributed by atoms with Crippen molar-refractivity contribution in [2.24, 2.45) is 11.8 Å². The largest absolute Gasteiger partial charge is 0.392 e. The Hall–Kier alpha value is -1.38. The minimum absolute atomic E-state index is 0.188. The van der Waals surface area contributed by atoms with Gasteiger partial charge in [0.2, 0.25) is 0 Å². The van der Waals surface area contributed by atoms with Crippen molar-refractivity contribution in [3.63, 3.8) is 0 Å². The zero-order valence-corrected chi connectivity index (χ0v) is 8.23. The monoisotopic (exact) mass is 194 g/mol. The molecule has 0 radical (unpaired) electrons. The van der Waals surface area contributed by atoms with Crippen LogP contribution in [0.2, 0.25) is 0 Å². The van der Waals surface area contributed by atoms with Crippen LogP contribution in [0.25, 0.3) is 0 Å². The van der Waals surface area contributed by atoms with Crippen LogP contribution in [0.3, 0.4) is 0 Å². The van der Waals surface area contributed by atoms with E-state index >= 15 is 0 Å². The first kappa shape index (κ1) is 10.7. The SMILES string of the molecule is C=CC.O=C1OC(=O)C2CCC=CC12. The van der Waals surface area contributed by atoms with Crippen molar-refractivity contribution in [3.8, 4) is 0 Å². The van der Waals surface area contributed by atoms with Crippen molar-refractivity contribution in [3.05, 3.63) is 24.8 Å². The fourth-order valence-electron chi connectivity index (χ4n) is 1.58. The van der Waals surface area contributed by atoms with E-state index in [1.165, 1.54) is 0 Å². The van der Waals surface area contributed by atoms with Crippen molar-refractivity contribution in [2.45, 2.75) is 19.8 Å². The first-order valence-corrected chi connectivity index (χ1v) is 4.70. The molecule has 2 unspecified atom stereocenters. The molecular formula is C11H14O3. The molecule has 0 bridgehead atoms. The number of allylic oxidation sites excluding steroid dienone is 2. The summed E-state index contributed by atoms with van der Waals surface area (Å²) in [4.78, 5) is 21.9. The van der Waals surface area contributed by atoms with Gasteiger partial charge in [-0.25, -0.2) is 0 Å². The van der Waals surface area contributed by atoms with E-state index in [-0.39, 0.29) is 23.8 Å². The topological polar surface area (TPSA) is 43.4 Å². The lowest BCUT2D eigenvalue weighted by atomic mass is 9.86. The van der Waals surface area contributed by atoms with Crippen molar-refractivity contribution in [2.75, 3.05) is 0 Å². The molecule has 0 N–H and O–H groups in total. The van der Waals surface area contributed by atoms with Crippen LogP contribution in [0.5, 0.6) is 0 Å². The van der Waals surface area contributed by atoms with E-state index in [4.69, 9.17) is 0 Å². The third-order valence-electron chi connectivity index (χ3n) is 2.20. The summed E-state index contributed by atoms with van der Waals surface area (Å²) >= 11 is 0. The third-order valence-corrected chi connectivity index (χ3v) is 2.20. The summed E-state index contributed by atoms with van der Waals surface area (Å²) in [7, 11) is 0. The smallest absolute Gasteiger partial charge is 0.321 e. The zero-order chi connectivity index (χ0) is 10.6. The average Bonchev–Trinajstić information content (AvgIpc) is 2.45. The van der Waals surface area contributed by atoms with Crippen LogP contribution in [0.4, 0.5) is 0 Å². The number of carbonyl (C=O) groups excluding carboxylic acids is 2. The van der Waals surface area contributed by atoms with Crippen molar-refractivity contribution in [1.82, 2.24) is 0 Å². The van der Waals surface area contributed by atoms with E-state index < -0.39 is 0 Å². The summed E-state index contributed by atoms with van der Waals surface area (Å²) in [5.74, 6) is -1.19. The minimum Gasteiger partial charge on any atom is -0.392 e. The number of hydrogen-bond donors (Lipinski definition) is 0. The van der Waals surface area contributed by atoms with Gasteiger partial charge in [0.05, 0.1) is 11.8 Å². The van der Waals surface area contributed by atoms with E-state index in [1.54, 1.807) is 12.2 Å². The first-order valence-electron chi connectivity index (χ1n) is 4.70. The van der Waals surface area contributed by atoms with E-state index in [1.807, 2.05) is 13.0 Å². The van der Waals surface area contributed by atoms with Gasteiger partial charge in [-0.3, -0.25) is 9.59 Å². The van der Waals surface area contributed by atoms with Gasteiger partial charge in [-0.1, -0.05) is 18.2 Å². The molecule has 3 nitrogen and oxygen atoms in total. The highest BCUT2D eigenvalue weighted by molar-refractivity contribution is 5.97. The molecule has 14 heavy (non-hydrogen) atoms. The minimum atomic E-state index is -0.379. The van der Waals surface area contributed by atoms with Crippen LogP contribution < -0.4 is 0 Å². The van der Waals surface area contributed by atoms with Crippen LogP contribution >= 0.6 is 0 Å². The van der Waals surface area contributed by atoms with Gasteiger partial charge < -0.3 is 4.74 Å². The molecule has 1 heterocycles. The van der Waals surface area contributed by atoms with Crippen molar-refractivity contribution in [1.29, 1.82) is 0 Å². The second kappa shape index (κ2) is 4.74. The Morgan fingerprint density at radius 1 is 1.50 bits per heavy atom. The molecule has 1 fully saturated rings. The van der Waals surface area contributed by atoms with E-state index in [9.17, 15) is 9.59 Å². The predicted molar refractivity (Wildman–Crippen MR) is 52.3 cm³/mol. The molecule has 3 heteroatoms. The maximum absolute atomic E-state index is 10.9. The lowest BCUT2D eigenvalue weighted by molar-refractivity contribution is -0.153. The Labute approximate surface area is 83.4 Å². The van der Waals surface area contributed by atoms with Gasteiger partial charge in [0.25, 0.3) is 0 Å². The molecule has 1 aliphatic carbocycles. The van der Waals surface area contributed by atoms with Gasteiger partial charge in [-0.2, -0.15) is 0 Å². The molecule has 0 amide bonds. The Kier molecular flexibility index (Phi) is 3.63. The van der Waals surface area contributed by atoms with Gasteiger partial charge in [0.1, 0.15) is 0 Å². The van der Waals surface area contributed by atoms with Gasteiger partial charge in [-0.15, -0.1) is 6.58 Å². The number of esters is 2. The number of carbonyl (C=O) groups is 2. The molecule has 76 valence electrons. The molecular weight excluding hydrogens is 180 g/mol. The Morgan fingerprint density at radius 2 is 2.14 bits per heavy atom. The zero-order valence-electron chi connectivity index (χ0n) is 8.23. The molecule has 0 aromatic carbocycles.